The van der Waals surface area contributed by atoms with Gasteiger partial charge in [-0.1, -0.05) is 0 Å². The van der Waals surface area contributed by atoms with Gasteiger partial charge in [0.05, 0.1) is 6.10 Å². The maximum absolute atomic E-state index is 11.8. The molecular weight excluding hydrogens is 239 g/mol. The van der Waals surface area contributed by atoms with Crippen LogP contribution in [0.2, 0.25) is 0 Å². The second kappa shape index (κ2) is 6.09. The Morgan fingerprint density at radius 3 is 2.71 bits per heavy atom. The highest BCUT2D eigenvalue weighted by atomic mass is 19.4. The van der Waals surface area contributed by atoms with Gasteiger partial charge in [-0.2, -0.15) is 13.2 Å². The van der Waals surface area contributed by atoms with Crippen LogP contribution in [0.4, 0.5) is 18.0 Å². The largest absolute Gasteiger partial charge is 0.440 e. The Labute approximate surface area is 97.7 Å². The number of ether oxygens (including phenoxy) is 2. The van der Waals surface area contributed by atoms with Crippen LogP contribution in [0, 0.1) is 0 Å². The minimum atomic E-state index is -4.49. The first kappa shape index (κ1) is 14.1. The smallest absolute Gasteiger partial charge is 0.422 e. The van der Waals surface area contributed by atoms with Crippen LogP contribution in [0.3, 0.4) is 0 Å². The van der Waals surface area contributed by atoms with Gasteiger partial charge < -0.3 is 14.4 Å². The molecule has 1 aliphatic rings. The third-order valence-corrected chi connectivity index (χ3v) is 2.42. The summed E-state index contributed by atoms with van der Waals surface area (Å²) in [6.45, 7) is -0.658. The average Bonchev–Trinajstić information content (AvgIpc) is 2.26. The summed E-state index contributed by atoms with van der Waals surface area (Å²) in [6.07, 6.45) is -2.76. The molecule has 0 spiro atoms. The monoisotopic (exact) mass is 255 g/mol. The molecule has 1 rings (SSSR count). The molecule has 1 fully saturated rings. The zero-order valence-electron chi connectivity index (χ0n) is 9.63. The topological polar surface area (TPSA) is 38.8 Å². The minimum Gasteiger partial charge on any atom is -0.440 e. The lowest BCUT2D eigenvalue weighted by Crippen LogP contribution is -2.38. The zero-order chi connectivity index (χ0) is 12.9. The van der Waals surface area contributed by atoms with Crippen molar-refractivity contribution >= 4 is 6.09 Å². The van der Waals surface area contributed by atoms with Gasteiger partial charge in [0.2, 0.25) is 0 Å². The van der Waals surface area contributed by atoms with Crippen molar-refractivity contribution in [1.29, 1.82) is 0 Å². The van der Waals surface area contributed by atoms with Gasteiger partial charge in [-0.15, -0.1) is 0 Å². The predicted molar refractivity (Wildman–Crippen MR) is 53.6 cm³/mol. The SMILES string of the molecule is CN(CC1CCCCO1)C(=O)OCC(F)(F)F. The van der Waals surface area contributed by atoms with Crippen molar-refractivity contribution in [3.63, 3.8) is 0 Å². The molecule has 0 saturated carbocycles. The summed E-state index contributed by atoms with van der Waals surface area (Å²) in [5.74, 6) is 0. The summed E-state index contributed by atoms with van der Waals surface area (Å²) in [5, 5.41) is 0. The number of alkyl halides is 3. The van der Waals surface area contributed by atoms with E-state index in [4.69, 9.17) is 4.74 Å². The van der Waals surface area contributed by atoms with Crippen molar-refractivity contribution in [2.45, 2.75) is 31.5 Å². The molecule has 0 radical (unpaired) electrons. The quantitative estimate of drug-likeness (QED) is 0.776. The van der Waals surface area contributed by atoms with Gasteiger partial charge in [-0.25, -0.2) is 4.79 Å². The zero-order valence-corrected chi connectivity index (χ0v) is 9.63. The van der Waals surface area contributed by atoms with Crippen LogP contribution in [0.15, 0.2) is 0 Å². The Bertz CT molecular complexity index is 252. The average molecular weight is 255 g/mol. The van der Waals surface area contributed by atoms with Crippen molar-refractivity contribution in [3.05, 3.63) is 0 Å². The van der Waals surface area contributed by atoms with Crippen LogP contribution in [-0.4, -0.2) is 50.1 Å². The Hall–Kier alpha value is -0.980. The van der Waals surface area contributed by atoms with E-state index in [1.807, 2.05) is 0 Å². The Balaban J connectivity index is 2.26. The van der Waals surface area contributed by atoms with Crippen molar-refractivity contribution in [1.82, 2.24) is 4.90 Å². The van der Waals surface area contributed by atoms with Gasteiger partial charge in [-0.3, -0.25) is 0 Å². The number of hydrogen-bond donors (Lipinski definition) is 0. The van der Waals surface area contributed by atoms with Crippen LogP contribution in [-0.2, 0) is 9.47 Å². The molecule has 0 bridgehead atoms. The summed E-state index contributed by atoms with van der Waals surface area (Å²) in [4.78, 5) is 12.3. The van der Waals surface area contributed by atoms with E-state index in [2.05, 4.69) is 4.74 Å². The van der Waals surface area contributed by atoms with Crippen molar-refractivity contribution in [3.8, 4) is 0 Å². The molecule has 1 aliphatic heterocycles. The summed E-state index contributed by atoms with van der Waals surface area (Å²) >= 11 is 0. The number of hydrogen-bond acceptors (Lipinski definition) is 3. The normalized spacial score (nSPS) is 21.1. The van der Waals surface area contributed by atoms with Crippen LogP contribution in [0.1, 0.15) is 19.3 Å². The number of amides is 1. The second-order valence-corrected chi connectivity index (χ2v) is 4.04. The third-order valence-electron chi connectivity index (χ3n) is 2.42. The Morgan fingerprint density at radius 1 is 1.47 bits per heavy atom. The first-order valence-electron chi connectivity index (χ1n) is 5.45. The highest BCUT2D eigenvalue weighted by Gasteiger charge is 2.30. The van der Waals surface area contributed by atoms with E-state index in [0.717, 1.165) is 24.2 Å². The number of likely N-dealkylation sites (N-methyl/N-ethyl adjacent to an activating group) is 1. The fourth-order valence-electron chi connectivity index (χ4n) is 1.59. The lowest BCUT2D eigenvalue weighted by molar-refractivity contribution is -0.162. The van der Waals surface area contributed by atoms with Crippen LogP contribution in [0.5, 0.6) is 0 Å². The number of halogens is 3. The predicted octanol–water partition coefficient (Wildman–Crippen LogP) is 2.19. The Morgan fingerprint density at radius 2 is 2.18 bits per heavy atom. The number of nitrogens with zero attached hydrogens (tertiary/aromatic N) is 1. The molecule has 1 amide bonds. The first-order valence-corrected chi connectivity index (χ1v) is 5.45. The van der Waals surface area contributed by atoms with Crippen LogP contribution in [0.25, 0.3) is 0 Å². The maximum atomic E-state index is 11.8. The summed E-state index contributed by atoms with van der Waals surface area (Å²) in [6, 6.07) is 0. The molecule has 0 aromatic heterocycles. The fourth-order valence-corrected chi connectivity index (χ4v) is 1.59. The molecule has 0 aromatic carbocycles. The van der Waals surface area contributed by atoms with Gasteiger partial charge in [0.15, 0.2) is 6.61 Å². The Kier molecular flexibility index (Phi) is 5.04. The highest BCUT2D eigenvalue weighted by Crippen LogP contribution is 2.16. The van der Waals surface area contributed by atoms with E-state index in [0.29, 0.717) is 6.61 Å². The van der Waals surface area contributed by atoms with Crippen molar-refractivity contribution < 1.29 is 27.4 Å². The molecule has 4 nitrogen and oxygen atoms in total. The van der Waals surface area contributed by atoms with Gasteiger partial charge in [0.25, 0.3) is 0 Å². The molecule has 1 unspecified atom stereocenters. The summed E-state index contributed by atoms with van der Waals surface area (Å²) < 4.78 is 44.9. The van der Waals surface area contributed by atoms with Gasteiger partial charge in [-0.05, 0) is 19.3 Å². The molecule has 0 aromatic rings. The van der Waals surface area contributed by atoms with E-state index in [-0.39, 0.29) is 12.6 Å². The third kappa shape index (κ3) is 5.76. The number of rotatable bonds is 3. The standard InChI is InChI=1S/C10H16F3NO3/c1-14(6-8-4-2-3-5-16-8)9(15)17-7-10(11,12)13/h8H,2-7H2,1H3. The molecule has 17 heavy (non-hydrogen) atoms. The lowest BCUT2D eigenvalue weighted by atomic mass is 10.1. The maximum Gasteiger partial charge on any atom is 0.422 e. The van der Waals surface area contributed by atoms with E-state index >= 15 is 0 Å². The molecular formula is C10H16F3NO3. The van der Waals surface area contributed by atoms with E-state index in [1.54, 1.807) is 0 Å². The molecule has 1 heterocycles. The summed E-state index contributed by atoms with van der Waals surface area (Å²) in [5.41, 5.74) is 0. The van der Waals surface area contributed by atoms with Gasteiger partial charge >= 0.3 is 12.3 Å². The highest BCUT2D eigenvalue weighted by molar-refractivity contribution is 5.67. The van der Waals surface area contributed by atoms with Crippen molar-refractivity contribution in [2.75, 3.05) is 26.8 Å². The van der Waals surface area contributed by atoms with Crippen LogP contribution >= 0.6 is 0 Å². The lowest BCUT2D eigenvalue weighted by Gasteiger charge is -2.27. The van der Waals surface area contributed by atoms with Gasteiger partial charge in [0, 0.05) is 20.2 Å². The van der Waals surface area contributed by atoms with Crippen LogP contribution < -0.4 is 0 Å². The fraction of sp³-hybridized carbons (Fsp3) is 0.900. The molecule has 0 aliphatic carbocycles. The second-order valence-electron chi connectivity index (χ2n) is 4.04. The van der Waals surface area contributed by atoms with E-state index in [9.17, 15) is 18.0 Å². The number of carbonyl (C=O) groups excluding carboxylic acids is 1. The van der Waals surface area contributed by atoms with E-state index in [1.165, 1.54) is 7.05 Å². The first-order chi connectivity index (χ1) is 7.88. The molecule has 100 valence electrons. The molecule has 0 N–H and O–H groups in total. The van der Waals surface area contributed by atoms with Gasteiger partial charge in [0.1, 0.15) is 0 Å². The molecule has 1 saturated heterocycles. The minimum absolute atomic E-state index is 0.104. The van der Waals surface area contributed by atoms with Crippen molar-refractivity contribution in [2.24, 2.45) is 0 Å². The molecule has 7 heteroatoms. The summed E-state index contributed by atoms with van der Waals surface area (Å²) in [7, 11) is 1.40. The van der Waals surface area contributed by atoms with E-state index < -0.39 is 18.9 Å². The number of carbonyl (C=O) groups is 1. The molecule has 1 atom stereocenters.